The molecule has 0 spiro atoms. The second kappa shape index (κ2) is 9.71. The van der Waals surface area contributed by atoms with Crippen LogP contribution in [0.4, 0.5) is 0 Å². The quantitative estimate of drug-likeness (QED) is 0.477. The summed E-state index contributed by atoms with van der Waals surface area (Å²) in [5.74, 6) is 1.47. The number of esters is 1. The van der Waals surface area contributed by atoms with Crippen LogP contribution in [-0.4, -0.2) is 62.7 Å². The normalized spacial score (nSPS) is 21.5. The molecular weight excluding hydrogens is 392 g/mol. The third kappa shape index (κ3) is 4.86. The third-order valence-corrected chi connectivity index (χ3v) is 6.41. The van der Waals surface area contributed by atoms with Crippen LogP contribution in [0.25, 0.3) is 0 Å². The molecule has 0 aromatic heterocycles. The molecule has 31 heavy (non-hydrogen) atoms. The highest BCUT2D eigenvalue weighted by atomic mass is 16.6. The fourth-order valence-corrected chi connectivity index (χ4v) is 4.38. The molecule has 1 saturated carbocycles. The minimum atomic E-state index is -0.197. The van der Waals surface area contributed by atoms with Gasteiger partial charge in [0.1, 0.15) is 0 Å². The summed E-state index contributed by atoms with van der Waals surface area (Å²) in [5.41, 5.74) is 2.14. The van der Waals surface area contributed by atoms with Gasteiger partial charge < -0.3 is 19.1 Å². The lowest BCUT2D eigenvalue weighted by Crippen LogP contribution is -2.45. The first-order valence-electron chi connectivity index (χ1n) is 11.1. The average Bonchev–Trinajstić information content (AvgIpc) is 3.62. The van der Waals surface area contributed by atoms with E-state index in [2.05, 4.69) is 28.9 Å². The second-order valence-corrected chi connectivity index (χ2v) is 8.28. The molecule has 1 aliphatic heterocycles. The SMILES string of the molecule is CCN1CCN(Cc2ccc(OC)c(OC)c2OC(=O)[C@@H]2C[C@H]2c2ccccc2)CC1. The number of nitrogens with zero attached hydrogens (tertiary/aromatic N) is 2. The molecule has 2 aromatic rings. The standard InChI is InChI=1S/C25H32N2O4/c1-4-26-12-14-27(15-13-26)17-19-10-11-22(29-2)24(30-3)23(19)31-25(28)21-16-20(21)18-8-6-5-7-9-18/h5-11,20-21H,4,12-17H2,1-3H3/t20-,21+/m0/s1. The minimum absolute atomic E-state index is 0.112. The molecular formula is C25H32N2O4. The lowest BCUT2D eigenvalue weighted by Gasteiger charge is -2.34. The number of carbonyl (C=O) groups excluding carboxylic acids is 1. The first-order chi connectivity index (χ1) is 15.1. The Kier molecular flexibility index (Phi) is 6.78. The van der Waals surface area contributed by atoms with Crippen LogP contribution in [0.5, 0.6) is 17.2 Å². The van der Waals surface area contributed by atoms with Gasteiger partial charge >= 0.3 is 5.97 Å². The predicted octanol–water partition coefficient (Wildman–Crippen LogP) is 3.55. The summed E-state index contributed by atoms with van der Waals surface area (Å²) in [7, 11) is 3.18. The lowest BCUT2D eigenvalue weighted by molar-refractivity contribution is -0.136. The van der Waals surface area contributed by atoms with Gasteiger partial charge in [-0.15, -0.1) is 0 Å². The molecule has 0 unspecified atom stereocenters. The van der Waals surface area contributed by atoms with E-state index in [0.717, 1.165) is 44.7 Å². The van der Waals surface area contributed by atoms with Gasteiger partial charge in [-0.3, -0.25) is 9.69 Å². The van der Waals surface area contributed by atoms with Crippen LogP contribution in [0.1, 0.15) is 30.4 Å². The van der Waals surface area contributed by atoms with E-state index in [1.807, 2.05) is 30.3 Å². The zero-order valence-electron chi connectivity index (χ0n) is 18.7. The lowest BCUT2D eigenvalue weighted by atomic mass is 10.1. The topological polar surface area (TPSA) is 51.2 Å². The highest BCUT2D eigenvalue weighted by Crippen LogP contribution is 2.49. The van der Waals surface area contributed by atoms with Crippen molar-refractivity contribution in [1.29, 1.82) is 0 Å². The van der Waals surface area contributed by atoms with Gasteiger partial charge in [0, 0.05) is 38.3 Å². The molecule has 4 rings (SSSR count). The van der Waals surface area contributed by atoms with Crippen molar-refractivity contribution in [1.82, 2.24) is 9.80 Å². The highest BCUT2D eigenvalue weighted by Gasteiger charge is 2.45. The summed E-state index contributed by atoms with van der Waals surface area (Å²) >= 11 is 0. The molecule has 166 valence electrons. The van der Waals surface area contributed by atoms with Gasteiger partial charge in [-0.1, -0.05) is 43.3 Å². The first kappa shape index (κ1) is 21.7. The van der Waals surface area contributed by atoms with Crippen LogP contribution in [0.3, 0.4) is 0 Å². The van der Waals surface area contributed by atoms with Crippen molar-refractivity contribution in [3.8, 4) is 17.2 Å². The van der Waals surface area contributed by atoms with Gasteiger partial charge in [0.15, 0.2) is 11.5 Å². The Morgan fingerprint density at radius 2 is 1.65 bits per heavy atom. The number of piperazine rings is 1. The first-order valence-corrected chi connectivity index (χ1v) is 11.1. The molecule has 6 nitrogen and oxygen atoms in total. The Morgan fingerprint density at radius 1 is 0.935 bits per heavy atom. The number of hydrogen-bond donors (Lipinski definition) is 0. The van der Waals surface area contributed by atoms with E-state index in [0.29, 0.717) is 23.8 Å². The molecule has 1 saturated heterocycles. The summed E-state index contributed by atoms with van der Waals surface area (Å²) in [6, 6.07) is 14.0. The van der Waals surface area contributed by atoms with Crippen LogP contribution < -0.4 is 14.2 Å². The molecule has 0 amide bonds. The van der Waals surface area contributed by atoms with Gasteiger partial charge in [0.25, 0.3) is 0 Å². The van der Waals surface area contributed by atoms with Crippen molar-refractivity contribution in [2.75, 3.05) is 46.9 Å². The van der Waals surface area contributed by atoms with Crippen molar-refractivity contribution in [3.63, 3.8) is 0 Å². The number of methoxy groups -OCH3 is 2. The molecule has 2 aliphatic rings. The van der Waals surface area contributed by atoms with Gasteiger partial charge in [-0.25, -0.2) is 0 Å². The summed E-state index contributed by atoms with van der Waals surface area (Å²) in [5, 5.41) is 0. The maximum atomic E-state index is 13.0. The van der Waals surface area contributed by atoms with Crippen LogP contribution in [0, 0.1) is 5.92 Å². The van der Waals surface area contributed by atoms with E-state index >= 15 is 0 Å². The van der Waals surface area contributed by atoms with Crippen molar-refractivity contribution >= 4 is 5.97 Å². The largest absolute Gasteiger partial charge is 0.493 e. The second-order valence-electron chi connectivity index (χ2n) is 8.28. The van der Waals surface area contributed by atoms with E-state index in [1.54, 1.807) is 14.2 Å². The fraction of sp³-hybridized carbons (Fsp3) is 0.480. The zero-order valence-corrected chi connectivity index (χ0v) is 18.7. The monoisotopic (exact) mass is 424 g/mol. The van der Waals surface area contributed by atoms with E-state index in [1.165, 1.54) is 5.56 Å². The van der Waals surface area contributed by atoms with E-state index in [9.17, 15) is 4.79 Å². The van der Waals surface area contributed by atoms with E-state index < -0.39 is 0 Å². The number of carbonyl (C=O) groups is 1. The van der Waals surface area contributed by atoms with Crippen molar-refractivity contribution < 1.29 is 19.0 Å². The summed E-state index contributed by atoms with van der Waals surface area (Å²) in [6.07, 6.45) is 0.823. The number of rotatable bonds is 8. The van der Waals surface area contributed by atoms with Crippen molar-refractivity contribution in [3.05, 3.63) is 53.6 Å². The minimum Gasteiger partial charge on any atom is -0.493 e. The number of ether oxygens (including phenoxy) is 3. The summed E-state index contributed by atoms with van der Waals surface area (Å²) in [4.78, 5) is 17.9. The van der Waals surface area contributed by atoms with Crippen molar-refractivity contribution in [2.45, 2.75) is 25.8 Å². The molecule has 0 N–H and O–H groups in total. The molecule has 2 aromatic carbocycles. The smallest absolute Gasteiger partial charge is 0.315 e. The number of hydrogen-bond acceptors (Lipinski definition) is 6. The maximum absolute atomic E-state index is 13.0. The van der Waals surface area contributed by atoms with Crippen LogP contribution in [-0.2, 0) is 11.3 Å². The summed E-state index contributed by atoms with van der Waals surface area (Å²) in [6.45, 7) is 8.09. The Labute approximate surface area is 184 Å². The maximum Gasteiger partial charge on any atom is 0.315 e. The van der Waals surface area contributed by atoms with Crippen LogP contribution in [0.15, 0.2) is 42.5 Å². The van der Waals surface area contributed by atoms with Gasteiger partial charge in [-0.05, 0) is 30.5 Å². The Morgan fingerprint density at radius 3 is 2.29 bits per heavy atom. The van der Waals surface area contributed by atoms with Gasteiger partial charge in [0.2, 0.25) is 5.75 Å². The molecule has 0 radical (unpaired) electrons. The predicted molar refractivity (Wildman–Crippen MR) is 120 cm³/mol. The molecule has 2 atom stereocenters. The fourth-order valence-electron chi connectivity index (χ4n) is 4.38. The Balaban J connectivity index is 1.51. The Hall–Kier alpha value is -2.57. The molecule has 6 heteroatoms. The molecule has 0 bridgehead atoms. The number of likely N-dealkylation sites (N-methyl/N-ethyl adjacent to an activating group) is 1. The van der Waals surface area contributed by atoms with E-state index in [-0.39, 0.29) is 17.8 Å². The van der Waals surface area contributed by atoms with Gasteiger partial charge in [-0.2, -0.15) is 0 Å². The van der Waals surface area contributed by atoms with Crippen LogP contribution >= 0.6 is 0 Å². The average molecular weight is 425 g/mol. The molecule has 2 fully saturated rings. The van der Waals surface area contributed by atoms with E-state index in [4.69, 9.17) is 14.2 Å². The van der Waals surface area contributed by atoms with Crippen molar-refractivity contribution in [2.24, 2.45) is 5.92 Å². The highest BCUT2D eigenvalue weighted by molar-refractivity contribution is 5.81. The Bertz CT molecular complexity index is 894. The summed E-state index contributed by atoms with van der Waals surface area (Å²) < 4.78 is 17.1. The van der Waals surface area contributed by atoms with Gasteiger partial charge in [0.05, 0.1) is 20.1 Å². The molecule has 1 heterocycles. The number of benzene rings is 2. The zero-order chi connectivity index (χ0) is 21.8. The third-order valence-electron chi connectivity index (χ3n) is 6.41. The molecule has 1 aliphatic carbocycles. The van der Waals surface area contributed by atoms with Crippen LogP contribution in [0.2, 0.25) is 0 Å².